The molecule has 0 atom stereocenters. The molecule has 0 radical (unpaired) electrons. The minimum absolute atomic E-state index is 0.385. The molecular weight excluding hydrogens is 469 g/mol. The average Bonchev–Trinajstić information content (AvgIpc) is 3.41. The Labute approximate surface area is 212 Å². The predicted octanol–water partition coefficient (Wildman–Crippen LogP) is 5.88. The van der Waals surface area contributed by atoms with Crippen molar-refractivity contribution in [1.29, 1.82) is 0 Å². The normalized spacial score (nSPS) is 24.4. The molecule has 0 amide bonds. The van der Waals surface area contributed by atoms with Crippen LogP contribution < -0.4 is 5.32 Å². The second-order valence-corrected chi connectivity index (χ2v) is 10.9. The molecule has 2 saturated heterocycles. The summed E-state index contributed by atoms with van der Waals surface area (Å²) in [5, 5.41) is 4.37. The highest BCUT2D eigenvalue weighted by Crippen LogP contribution is 2.33. The van der Waals surface area contributed by atoms with Crippen molar-refractivity contribution < 1.29 is 4.74 Å². The third-order valence-corrected chi connectivity index (χ3v) is 8.36. The molecule has 34 heavy (non-hydrogen) atoms. The van der Waals surface area contributed by atoms with E-state index in [0.717, 1.165) is 62.0 Å². The molecule has 3 fully saturated rings. The average molecular weight is 505 g/mol. The monoisotopic (exact) mass is 503 g/mol. The number of ether oxygens (including phenoxy) is 1. The van der Waals surface area contributed by atoms with Crippen molar-refractivity contribution in [3.05, 3.63) is 34.3 Å². The number of pyridine rings is 1. The molecule has 0 aromatic carbocycles. The van der Waals surface area contributed by atoms with E-state index in [4.69, 9.17) is 32.9 Å². The minimum Gasteiger partial charge on any atom is -0.381 e. The van der Waals surface area contributed by atoms with Gasteiger partial charge < -0.3 is 15.0 Å². The first-order chi connectivity index (χ1) is 16.7. The summed E-state index contributed by atoms with van der Waals surface area (Å²) in [6, 6.07) is 2.89. The fraction of sp³-hybridized carbons (Fsp3) is 0.654. The maximum atomic E-state index is 6.55. The van der Waals surface area contributed by atoms with E-state index in [2.05, 4.69) is 26.3 Å². The van der Waals surface area contributed by atoms with Crippen LogP contribution in [0.15, 0.2) is 18.5 Å². The summed E-state index contributed by atoms with van der Waals surface area (Å²) in [5.74, 6) is 1.86. The van der Waals surface area contributed by atoms with Crippen LogP contribution in [0.25, 0.3) is 11.3 Å². The highest BCUT2D eigenvalue weighted by atomic mass is 35.5. The molecule has 2 aromatic rings. The van der Waals surface area contributed by atoms with Crippen molar-refractivity contribution in [3.8, 4) is 11.3 Å². The van der Waals surface area contributed by atoms with Crippen LogP contribution >= 0.6 is 23.2 Å². The Hall–Kier alpha value is -1.47. The molecule has 184 valence electrons. The molecule has 1 N–H and O–H groups in total. The van der Waals surface area contributed by atoms with E-state index in [1.54, 1.807) is 12.4 Å². The lowest BCUT2D eigenvalue weighted by Crippen LogP contribution is -2.36. The Morgan fingerprint density at radius 1 is 0.941 bits per heavy atom. The quantitative estimate of drug-likeness (QED) is 0.508. The molecule has 2 aliphatic heterocycles. The van der Waals surface area contributed by atoms with Crippen molar-refractivity contribution in [2.45, 2.75) is 63.8 Å². The van der Waals surface area contributed by atoms with Gasteiger partial charge in [-0.05, 0) is 88.8 Å². The van der Waals surface area contributed by atoms with Crippen LogP contribution in [0.2, 0.25) is 10.2 Å². The van der Waals surface area contributed by atoms with Gasteiger partial charge in [0.15, 0.2) is 11.0 Å². The van der Waals surface area contributed by atoms with E-state index in [1.807, 2.05) is 0 Å². The summed E-state index contributed by atoms with van der Waals surface area (Å²) in [7, 11) is 0. The summed E-state index contributed by atoms with van der Waals surface area (Å²) in [6.45, 7) is 5.05. The maximum absolute atomic E-state index is 6.55. The third kappa shape index (κ3) is 6.01. The van der Waals surface area contributed by atoms with Gasteiger partial charge in [-0.1, -0.05) is 23.2 Å². The second-order valence-electron chi connectivity index (χ2n) is 10.1. The first kappa shape index (κ1) is 24.2. The van der Waals surface area contributed by atoms with Gasteiger partial charge in [0.1, 0.15) is 0 Å². The largest absolute Gasteiger partial charge is 0.381 e. The zero-order chi connectivity index (χ0) is 23.3. The van der Waals surface area contributed by atoms with Crippen molar-refractivity contribution in [2.24, 2.45) is 11.8 Å². The number of likely N-dealkylation sites (tertiary alicyclic amines) is 1. The molecule has 0 bridgehead atoms. The number of rotatable bonds is 7. The van der Waals surface area contributed by atoms with Crippen LogP contribution in [-0.4, -0.2) is 58.7 Å². The lowest BCUT2D eigenvalue weighted by molar-refractivity contribution is 0.0699. The highest BCUT2D eigenvalue weighted by Gasteiger charge is 2.28. The molecule has 8 heteroatoms. The molecular formula is C26H35Cl2N5O. The summed E-state index contributed by atoms with van der Waals surface area (Å²) < 4.78 is 5.46. The zero-order valence-electron chi connectivity index (χ0n) is 19.8. The molecule has 0 unspecified atom stereocenters. The summed E-state index contributed by atoms with van der Waals surface area (Å²) >= 11 is 12.9. The number of aromatic nitrogens is 3. The van der Waals surface area contributed by atoms with Gasteiger partial charge in [-0.2, -0.15) is 0 Å². The fourth-order valence-electron chi connectivity index (χ4n) is 5.71. The van der Waals surface area contributed by atoms with Crippen LogP contribution in [0, 0.1) is 11.8 Å². The number of hydrogen-bond donors (Lipinski definition) is 1. The van der Waals surface area contributed by atoms with Gasteiger partial charge in [-0.15, -0.1) is 0 Å². The molecule has 5 rings (SSSR count). The van der Waals surface area contributed by atoms with Crippen LogP contribution in [0.1, 0.15) is 57.1 Å². The lowest BCUT2D eigenvalue weighted by Gasteiger charge is -2.34. The predicted molar refractivity (Wildman–Crippen MR) is 138 cm³/mol. The van der Waals surface area contributed by atoms with Crippen LogP contribution in [0.4, 0.5) is 5.82 Å². The molecule has 6 nitrogen and oxygen atoms in total. The summed E-state index contributed by atoms with van der Waals surface area (Å²) in [4.78, 5) is 16.5. The molecule has 3 aliphatic rings. The smallest absolute Gasteiger partial charge is 0.171 e. The van der Waals surface area contributed by atoms with Gasteiger partial charge in [-0.25, -0.2) is 9.97 Å². The van der Waals surface area contributed by atoms with Crippen LogP contribution in [0.3, 0.4) is 0 Å². The first-order valence-electron chi connectivity index (χ1n) is 12.9. The number of nitrogens with one attached hydrogen (secondary N) is 1. The Bertz CT molecular complexity index is 954. The molecule has 2 aromatic heterocycles. The minimum atomic E-state index is 0.385. The number of hydrogen-bond acceptors (Lipinski definition) is 6. The Morgan fingerprint density at radius 2 is 1.71 bits per heavy atom. The first-order valence-corrected chi connectivity index (χ1v) is 13.6. The standard InChI is InChI=1S/C26H35Cl2N5O/c27-23-16-29-20(13-18-3-5-21(6-4-18)33-9-1-2-10-33)14-22(23)24-17-30-25(28)26(32-24)31-15-19-7-11-34-12-8-19/h14,16-19,21H,1-13,15H2,(H,31,32). The van der Waals surface area contributed by atoms with Gasteiger partial charge >= 0.3 is 0 Å². The topological polar surface area (TPSA) is 63.2 Å². The Kier molecular flexibility index (Phi) is 8.20. The third-order valence-electron chi connectivity index (χ3n) is 7.79. The number of halogens is 2. The van der Waals surface area contributed by atoms with E-state index in [0.29, 0.717) is 27.8 Å². The van der Waals surface area contributed by atoms with Crippen molar-refractivity contribution in [3.63, 3.8) is 0 Å². The number of nitrogens with zero attached hydrogens (tertiary/aromatic N) is 4. The Morgan fingerprint density at radius 3 is 2.47 bits per heavy atom. The van der Waals surface area contributed by atoms with Gasteiger partial charge in [-0.3, -0.25) is 4.98 Å². The van der Waals surface area contributed by atoms with E-state index in [1.165, 1.54) is 51.6 Å². The molecule has 1 aliphatic carbocycles. The van der Waals surface area contributed by atoms with E-state index in [9.17, 15) is 0 Å². The van der Waals surface area contributed by atoms with E-state index in [-0.39, 0.29) is 0 Å². The maximum Gasteiger partial charge on any atom is 0.171 e. The lowest BCUT2D eigenvalue weighted by atomic mass is 9.82. The van der Waals surface area contributed by atoms with Gasteiger partial charge in [0.2, 0.25) is 0 Å². The summed E-state index contributed by atoms with van der Waals surface area (Å²) in [6.07, 6.45) is 14.5. The zero-order valence-corrected chi connectivity index (χ0v) is 21.3. The van der Waals surface area contributed by atoms with Gasteiger partial charge in [0.05, 0.1) is 16.9 Å². The second kappa shape index (κ2) is 11.5. The van der Waals surface area contributed by atoms with Gasteiger partial charge in [0, 0.05) is 43.3 Å². The van der Waals surface area contributed by atoms with Gasteiger partial charge in [0.25, 0.3) is 0 Å². The van der Waals surface area contributed by atoms with Crippen molar-refractivity contribution in [2.75, 3.05) is 38.2 Å². The summed E-state index contributed by atoms with van der Waals surface area (Å²) in [5.41, 5.74) is 2.68. The van der Waals surface area contributed by atoms with E-state index < -0.39 is 0 Å². The number of anilines is 1. The SMILES string of the molecule is Clc1cnc(CC2CCC(N3CCCC3)CC2)cc1-c1cnc(Cl)c(NCC2CCOCC2)n1. The highest BCUT2D eigenvalue weighted by molar-refractivity contribution is 6.33. The fourth-order valence-corrected chi connectivity index (χ4v) is 6.07. The van der Waals surface area contributed by atoms with E-state index >= 15 is 0 Å². The molecule has 4 heterocycles. The van der Waals surface area contributed by atoms with Crippen LogP contribution in [-0.2, 0) is 11.2 Å². The van der Waals surface area contributed by atoms with Crippen molar-refractivity contribution in [1.82, 2.24) is 19.9 Å². The van der Waals surface area contributed by atoms with Crippen molar-refractivity contribution >= 4 is 29.0 Å². The Balaban J connectivity index is 1.23. The molecule has 1 saturated carbocycles. The molecule has 0 spiro atoms. The van der Waals surface area contributed by atoms with Crippen LogP contribution in [0.5, 0.6) is 0 Å².